The van der Waals surface area contributed by atoms with E-state index in [0.717, 1.165) is 0 Å². The second-order valence-corrected chi connectivity index (χ2v) is 6.15. The summed E-state index contributed by atoms with van der Waals surface area (Å²) in [5.41, 5.74) is 6.25. The van der Waals surface area contributed by atoms with Crippen molar-refractivity contribution in [3.05, 3.63) is 12.7 Å². The molecule has 14 nitrogen and oxygen atoms in total. The van der Waals surface area contributed by atoms with Crippen molar-refractivity contribution in [3.8, 4) is 0 Å². The number of aromatic nitrogens is 4. The predicted octanol–water partition coefficient (Wildman–Crippen LogP) is -4.16. The summed E-state index contributed by atoms with van der Waals surface area (Å²) in [6, 6.07) is 0. The minimum atomic E-state index is -4.72. The third kappa shape index (κ3) is 4.95. The number of nitrogens with two attached hydrogens (primary N) is 1. The number of hydrogen-bond acceptors (Lipinski definition) is 9. The summed E-state index contributed by atoms with van der Waals surface area (Å²) >= 11 is 0. The molecule has 0 saturated carbocycles. The van der Waals surface area contributed by atoms with Gasteiger partial charge in [0.05, 0.1) is 12.9 Å². The summed E-state index contributed by atoms with van der Waals surface area (Å²) in [5.74, 6) is 0.142. The fraction of sp³-hybridized carbons (Fsp3) is 0.500. The molecule has 0 amide bonds. The van der Waals surface area contributed by atoms with Gasteiger partial charge >= 0.3 is 37.4 Å². The van der Waals surface area contributed by atoms with Crippen LogP contribution in [0, 0.1) is 0 Å². The number of phosphoric acid groups is 1. The molecule has 1 aliphatic rings. The van der Waals surface area contributed by atoms with Crippen LogP contribution in [0.2, 0.25) is 0 Å². The topological polar surface area (TPSA) is 249 Å². The summed E-state index contributed by atoms with van der Waals surface area (Å²) in [6.07, 6.45) is -2.49. The number of ether oxygens (including phenoxy) is 1. The summed E-state index contributed by atoms with van der Waals surface area (Å²) < 4.78 is 21.8. The average Bonchev–Trinajstić information content (AvgIpc) is 3.01. The third-order valence-electron chi connectivity index (χ3n) is 3.41. The molecule has 2 aromatic rings. The summed E-state index contributed by atoms with van der Waals surface area (Å²) in [7, 11) is -4.72. The Labute approximate surface area is 168 Å². The van der Waals surface area contributed by atoms with Gasteiger partial charge in [0.15, 0.2) is 17.7 Å². The number of nitrogens with zero attached hydrogens (tertiary/aromatic N) is 4. The number of nitrogen functional groups attached to an aromatic ring is 1. The zero-order valence-electron chi connectivity index (χ0n) is 12.5. The van der Waals surface area contributed by atoms with E-state index in [1.165, 1.54) is 17.2 Å². The average molecular weight is 407 g/mol. The van der Waals surface area contributed by atoms with Gasteiger partial charge in [0.25, 0.3) is 0 Å². The van der Waals surface area contributed by atoms with Crippen LogP contribution in [0.3, 0.4) is 0 Å². The second kappa shape index (κ2) is 9.45. The quantitative estimate of drug-likeness (QED) is 0.240. The first-order valence-corrected chi connectivity index (χ1v) is 7.95. The Balaban J connectivity index is 0.00000208. The fourth-order valence-corrected chi connectivity index (χ4v) is 2.66. The first-order valence-electron chi connectivity index (χ1n) is 6.42. The van der Waals surface area contributed by atoms with Crippen molar-refractivity contribution in [1.29, 1.82) is 0 Å². The molecule has 16 heteroatoms. The molecule has 1 aliphatic heterocycles. The van der Waals surface area contributed by atoms with Crippen LogP contribution in [0.25, 0.3) is 11.2 Å². The molecule has 10 N–H and O–H groups in total. The monoisotopic (exact) mass is 407 g/mol. The van der Waals surface area contributed by atoms with E-state index in [1.54, 1.807) is 0 Å². The number of imidazole rings is 1. The Kier molecular flexibility index (Phi) is 9.19. The van der Waals surface area contributed by atoms with E-state index in [9.17, 15) is 14.8 Å². The van der Waals surface area contributed by atoms with Crippen LogP contribution in [0.4, 0.5) is 5.82 Å². The van der Waals surface area contributed by atoms with Gasteiger partial charge in [-0.05, 0) is 0 Å². The molecule has 0 radical (unpaired) electrons. The standard InChI is InChI=1S/C10H14N5O7P.Na.2H2O.H/c11-8-5-9(13-2-12-8)15(3-14-5)10-7(17)6(16)4(22-10)1-21-23(18,19)20;;;;/h2-4,6-7,10,16-17H,1H2,(H2,11,12,13)(H2,18,19,20);;2*1H2;/t4-,6-,7-,10-;;;;/m1..../s1. The summed E-state index contributed by atoms with van der Waals surface area (Å²) in [6.45, 7) is -0.594. The van der Waals surface area contributed by atoms with Crippen molar-refractivity contribution >= 4 is 54.4 Å². The number of aliphatic hydroxyl groups is 2. The maximum absolute atomic E-state index is 10.7. The summed E-state index contributed by atoms with van der Waals surface area (Å²) in [4.78, 5) is 29.2. The predicted molar refractivity (Wildman–Crippen MR) is 88.0 cm³/mol. The van der Waals surface area contributed by atoms with E-state index in [-0.39, 0.29) is 52.0 Å². The van der Waals surface area contributed by atoms with E-state index >= 15 is 0 Å². The minimum absolute atomic E-state index is 0. The Bertz CT molecular complexity index is 772. The maximum atomic E-state index is 10.7. The normalized spacial score (nSPS) is 25.2. The molecule has 0 bridgehead atoms. The van der Waals surface area contributed by atoms with Crippen LogP contribution < -0.4 is 5.73 Å². The van der Waals surface area contributed by atoms with Crippen molar-refractivity contribution < 1.29 is 44.8 Å². The molecule has 26 heavy (non-hydrogen) atoms. The van der Waals surface area contributed by atoms with Crippen molar-refractivity contribution in [2.45, 2.75) is 24.5 Å². The van der Waals surface area contributed by atoms with E-state index < -0.39 is 39.0 Å². The number of aliphatic hydroxyl groups excluding tert-OH is 2. The van der Waals surface area contributed by atoms with Crippen LogP contribution in [0.5, 0.6) is 0 Å². The van der Waals surface area contributed by atoms with Gasteiger partial charge in [0.1, 0.15) is 30.2 Å². The Morgan fingerprint density at radius 2 is 1.88 bits per heavy atom. The number of phosphoric ester groups is 1. The van der Waals surface area contributed by atoms with Gasteiger partial charge in [-0.1, -0.05) is 0 Å². The van der Waals surface area contributed by atoms with Gasteiger partial charge in [-0.25, -0.2) is 19.5 Å². The molecule has 0 spiro atoms. The number of fused-ring (bicyclic) bond motifs is 1. The van der Waals surface area contributed by atoms with Gasteiger partial charge < -0.3 is 41.4 Å². The van der Waals surface area contributed by atoms with E-state index in [0.29, 0.717) is 5.52 Å². The molecule has 3 rings (SSSR count). The SMILES string of the molecule is Nc1ncnc2c1ncn2[C@@H]1O[C@H](COP(=O)(O)O)[C@@H](O)[C@H]1O.O.O.[NaH]. The van der Waals surface area contributed by atoms with Gasteiger partial charge in [-0.15, -0.1) is 0 Å². The first kappa shape index (κ1) is 25.3. The van der Waals surface area contributed by atoms with Crippen molar-refractivity contribution in [2.24, 2.45) is 0 Å². The van der Waals surface area contributed by atoms with E-state index in [1.807, 2.05) is 0 Å². The van der Waals surface area contributed by atoms with E-state index in [2.05, 4.69) is 19.5 Å². The number of hydrogen-bond donors (Lipinski definition) is 5. The molecule has 144 valence electrons. The molecule has 0 aliphatic carbocycles. The van der Waals surface area contributed by atoms with Crippen molar-refractivity contribution in [2.75, 3.05) is 12.3 Å². The van der Waals surface area contributed by atoms with Gasteiger partial charge in [-0.2, -0.15) is 0 Å². The molecule has 2 aromatic heterocycles. The zero-order valence-corrected chi connectivity index (χ0v) is 13.4. The first-order chi connectivity index (χ1) is 10.8. The van der Waals surface area contributed by atoms with Crippen LogP contribution in [0.15, 0.2) is 12.7 Å². The fourth-order valence-electron chi connectivity index (χ4n) is 2.32. The molecular formula is C10H19N5NaO9P. The van der Waals surface area contributed by atoms with E-state index in [4.69, 9.17) is 20.3 Å². The van der Waals surface area contributed by atoms with Crippen molar-refractivity contribution in [1.82, 2.24) is 19.5 Å². The molecule has 3 heterocycles. The zero-order chi connectivity index (χ0) is 16.8. The van der Waals surface area contributed by atoms with Crippen LogP contribution >= 0.6 is 7.82 Å². The number of anilines is 1. The van der Waals surface area contributed by atoms with Gasteiger partial charge in [0, 0.05) is 0 Å². The molecular weight excluding hydrogens is 388 g/mol. The second-order valence-electron chi connectivity index (χ2n) is 4.92. The molecule has 1 fully saturated rings. The number of rotatable bonds is 4. The van der Waals surface area contributed by atoms with Crippen LogP contribution in [-0.4, -0.2) is 105 Å². The Morgan fingerprint density at radius 3 is 2.50 bits per heavy atom. The molecule has 4 atom stereocenters. The van der Waals surface area contributed by atoms with Gasteiger partial charge in [0.2, 0.25) is 0 Å². The molecule has 0 unspecified atom stereocenters. The summed E-state index contributed by atoms with van der Waals surface area (Å²) in [5, 5.41) is 20.1. The Morgan fingerprint density at radius 1 is 1.23 bits per heavy atom. The Hall–Kier alpha value is -0.740. The third-order valence-corrected chi connectivity index (χ3v) is 3.89. The van der Waals surface area contributed by atoms with Crippen molar-refractivity contribution in [3.63, 3.8) is 0 Å². The molecule has 0 aromatic carbocycles. The van der Waals surface area contributed by atoms with Crippen LogP contribution in [-0.2, 0) is 13.8 Å². The van der Waals surface area contributed by atoms with Crippen LogP contribution in [0.1, 0.15) is 6.23 Å². The van der Waals surface area contributed by atoms with Gasteiger partial charge in [-0.3, -0.25) is 9.09 Å². The molecule has 1 saturated heterocycles.